The van der Waals surface area contributed by atoms with Crippen LogP contribution in [-0.4, -0.2) is 23.3 Å². The summed E-state index contributed by atoms with van der Waals surface area (Å²) in [4.78, 5) is 20.1. The van der Waals surface area contributed by atoms with Crippen LogP contribution >= 0.6 is 11.8 Å². The van der Waals surface area contributed by atoms with Crippen molar-refractivity contribution in [1.29, 1.82) is 0 Å². The van der Waals surface area contributed by atoms with E-state index in [1.807, 2.05) is 60.9 Å². The molecule has 1 heterocycles. The lowest BCUT2D eigenvalue weighted by atomic mass is 10.0. The molecule has 0 saturated carbocycles. The van der Waals surface area contributed by atoms with Gasteiger partial charge in [0.15, 0.2) is 5.16 Å². The summed E-state index contributed by atoms with van der Waals surface area (Å²) >= 11 is 1.43. The van der Waals surface area contributed by atoms with E-state index in [1.165, 1.54) is 11.8 Å². The van der Waals surface area contributed by atoms with Gasteiger partial charge in [0, 0.05) is 17.5 Å². The summed E-state index contributed by atoms with van der Waals surface area (Å²) in [6.07, 6.45) is 2.40. The largest absolute Gasteiger partial charge is 0.497 e. The molecule has 0 amide bonds. The first-order valence-electron chi connectivity index (χ1n) is 7.57. The predicted octanol–water partition coefficient (Wildman–Crippen LogP) is 3.76. The summed E-state index contributed by atoms with van der Waals surface area (Å²) in [6.45, 7) is 0. The number of benzene rings is 2. The molecule has 1 aromatic heterocycles. The number of nitrogens with one attached hydrogen (secondary N) is 1. The van der Waals surface area contributed by atoms with Crippen molar-refractivity contribution in [3.8, 4) is 17.0 Å². The first-order chi connectivity index (χ1) is 11.7. The molecule has 0 saturated heterocycles. The van der Waals surface area contributed by atoms with Crippen LogP contribution in [0.4, 0.5) is 0 Å². The molecule has 122 valence electrons. The van der Waals surface area contributed by atoms with Gasteiger partial charge in [-0.1, -0.05) is 54.2 Å². The van der Waals surface area contributed by atoms with Gasteiger partial charge in [0.2, 0.25) is 0 Å². The first kappa shape index (κ1) is 16.3. The van der Waals surface area contributed by atoms with Crippen molar-refractivity contribution in [2.45, 2.75) is 11.6 Å². The van der Waals surface area contributed by atoms with Crippen LogP contribution in [0.2, 0.25) is 0 Å². The smallest absolute Gasteiger partial charge is 0.255 e. The minimum Gasteiger partial charge on any atom is -0.497 e. The van der Waals surface area contributed by atoms with Gasteiger partial charge in [-0.05, 0) is 24.0 Å². The summed E-state index contributed by atoms with van der Waals surface area (Å²) in [6, 6.07) is 17.5. The molecule has 0 aliphatic carbocycles. The van der Waals surface area contributed by atoms with Crippen molar-refractivity contribution in [2.24, 2.45) is 0 Å². The summed E-state index contributed by atoms with van der Waals surface area (Å²) in [5, 5.41) is 0.619. The number of thioether (sulfide) groups is 1. The van der Waals surface area contributed by atoms with Crippen molar-refractivity contribution in [2.75, 3.05) is 13.4 Å². The molecule has 24 heavy (non-hydrogen) atoms. The normalized spacial score (nSPS) is 10.6. The van der Waals surface area contributed by atoms with Crippen LogP contribution in [0.25, 0.3) is 11.3 Å². The van der Waals surface area contributed by atoms with E-state index in [4.69, 9.17) is 4.74 Å². The molecule has 3 rings (SSSR count). The van der Waals surface area contributed by atoms with E-state index in [1.54, 1.807) is 7.11 Å². The summed E-state index contributed by atoms with van der Waals surface area (Å²) in [5.41, 5.74) is 3.24. The highest BCUT2D eigenvalue weighted by molar-refractivity contribution is 7.98. The van der Waals surface area contributed by atoms with Crippen LogP contribution in [-0.2, 0) is 6.42 Å². The molecule has 2 aromatic carbocycles. The van der Waals surface area contributed by atoms with Crippen LogP contribution < -0.4 is 10.3 Å². The van der Waals surface area contributed by atoms with Crippen molar-refractivity contribution in [1.82, 2.24) is 9.97 Å². The molecule has 0 fully saturated rings. The number of nitrogens with zero attached hydrogens (tertiary/aromatic N) is 1. The van der Waals surface area contributed by atoms with Crippen molar-refractivity contribution < 1.29 is 4.74 Å². The Balaban J connectivity index is 2.10. The lowest BCUT2D eigenvalue weighted by Crippen LogP contribution is -2.17. The monoisotopic (exact) mass is 338 g/mol. The quantitative estimate of drug-likeness (QED) is 0.568. The van der Waals surface area contributed by atoms with Gasteiger partial charge in [-0.25, -0.2) is 4.98 Å². The van der Waals surface area contributed by atoms with Crippen molar-refractivity contribution >= 4 is 11.8 Å². The van der Waals surface area contributed by atoms with E-state index >= 15 is 0 Å². The molecule has 1 N–H and O–H groups in total. The lowest BCUT2D eigenvalue weighted by molar-refractivity contribution is 0.414. The Morgan fingerprint density at radius 3 is 2.62 bits per heavy atom. The number of aromatic amines is 1. The number of H-pyrrole nitrogens is 1. The Morgan fingerprint density at radius 1 is 1.12 bits per heavy atom. The second-order valence-corrected chi connectivity index (χ2v) is 6.09. The zero-order chi connectivity index (χ0) is 16.9. The van der Waals surface area contributed by atoms with Crippen LogP contribution in [0, 0.1) is 0 Å². The van der Waals surface area contributed by atoms with Gasteiger partial charge in [0.1, 0.15) is 5.75 Å². The molecular formula is C19H18N2O2S. The number of ether oxygens (including phenoxy) is 1. The Bertz CT molecular complexity index is 891. The SMILES string of the molecule is COc1cccc(Cc2c(-c3ccccc3)nc(SC)[nH]c2=O)c1. The maximum absolute atomic E-state index is 12.6. The molecule has 0 spiro atoms. The summed E-state index contributed by atoms with van der Waals surface area (Å²) in [7, 11) is 1.64. The maximum Gasteiger partial charge on any atom is 0.255 e. The lowest BCUT2D eigenvalue weighted by Gasteiger charge is -2.10. The van der Waals surface area contributed by atoms with Crippen LogP contribution in [0.1, 0.15) is 11.1 Å². The van der Waals surface area contributed by atoms with Crippen LogP contribution in [0.15, 0.2) is 64.5 Å². The van der Waals surface area contributed by atoms with E-state index in [9.17, 15) is 4.79 Å². The number of aromatic nitrogens is 2. The van der Waals surface area contributed by atoms with Crippen LogP contribution in [0.3, 0.4) is 0 Å². The van der Waals surface area contributed by atoms with E-state index in [0.29, 0.717) is 17.1 Å². The highest BCUT2D eigenvalue weighted by atomic mass is 32.2. The number of rotatable bonds is 5. The van der Waals surface area contributed by atoms with Gasteiger partial charge >= 0.3 is 0 Å². The Kier molecular flexibility index (Phi) is 5.01. The van der Waals surface area contributed by atoms with Crippen molar-refractivity contribution in [3.63, 3.8) is 0 Å². The molecule has 0 radical (unpaired) electrons. The van der Waals surface area contributed by atoms with Gasteiger partial charge in [-0.2, -0.15) is 0 Å². The number of hydrogen-bond donors (Lipinski definition) is 1. The molecule has 0 unspecified atom stereocenters. The summed E-state index contributed by atoms with van der Waals surface area (Å²) < 4.78 is 5.27. The molecule has 5 heteroatoms. The second kappa shape index (κ2) is 7.36. The molecule has 0 atom stereocenters. The second-order valence-electron chi connectivity index (χ2n) is 5.30. The molecule has 3 aromatic rings. The van der Waals surface area contributed by atoms with Crippen molar-refractivity contribution in [3.05, 3.63) is 76.1 Å². The van der Waals surface area contributed by atoms with Gasteiger partial charge in [0.05, 0.1) is 12.8 Å². The Hall–Kier alpha value is -2.53. The molecule has 0 bridgehead atoms. The minimum absolute atomic E-state index is 0.101. The van der Waals surface area contributed by atoms with E-state index in [0.717, 1.165) is 22.6 Å². The van der Waals surface area contributed by atoms with E-state index < -0.39 is 0 Å². The van der Waals surface area contributed by atoms with Gasteiger partial charge in [-0.15, -0.1) is 0 Å². The third kappa shape index (κ3) is 3.51. The molecule has 4 nitrogen and oxygen atoms in total. The van der Waals surface area contributed by atoms with Gasteiger partial charge in [-0.3, -0.25) is 4.79 Å². The first-order valence-corrected chi connectivity index (χ1v) is 8.79. The third-order valence-electron chi connectivity index (χ3n) is 3.75. The zero-order valence-electron chi connectivity index (χ0n) is 13.6. The predicted molar refractivity (Wildman–Crippen MR) is 97.9 cm³/mol. The van der Waals surface area contributed by atoms with E-state index in [2.05, 4.69) is 9.97 Å². The van der Waals surface area contributed by atoms with Crippen LogP contribution in [0.5, 0.6) is 5.75 Å². The molecule has 0 aliphatic heterocycles. The van der Waals surface area contributed by atoms with Gasteiger partial charge in [0.25, 0.3) is 5.56 Å². The average molecular weight is 338 g/mol. The topological polar surface area (TPSA) is 55.0 Å². The Morgan fingerprint density at radius 2 is 1.92 bits per heavy atom. The zero-order valence-corrected chi connectivity index (χ0v) is 14.4. The van der Waals surface area contributed by atoms with Gasteiger partial charge < -0.3 is 9.72 Å². The highest BCUT2D eigenvalue weighted by Gasteiger charge is 2.14. The standard InChI is InChI=1S/C19H18N2O2S/c1-23-15-10-6-7-13(11-15)12-16-17(14-8-4-3-5-9-14)20-19(24-2)21-18(16)22/h3-11H,12H2,1-2H3,(H,20,21,22). The number of hydrogen-bond acceptors (Lipinski definition) is 4. The fraction of sp³-hybridized carbons (Fsp3) is 0.158. The fourth-order valence-electron chi connectivity index (χ4n) is 2.56. The Labute approximate surface area is 144 Å². The summed E-state index contributed by atoms with van der Waals surface area (Å²) in [5.74, 6) is 0.777. The van der Waals surface area contributed by atoms with E-state index in [-0.39, 0.29) is 5.56 Å². The minimum atomic E-state index is -0.101. The molecule has 0 aliphatic rings. The highest BCUT2D eigenvalue weighted by Crippen LogP contribution is 2.24. The number of methoxy groups -OCH3 is 1. The average Bonchev–Trinajstić information content (AvgIpc) is 2.64. The maximum atomic E-state index is 12.6. The molecular weight excluding hydrogens is 320 g/mol. The third-order valence-corrected chi connectivity index (χ3v) is 4.33. The fourth-order valence-corrected chi connectivity index (χ4v) is 2.94.